The summed E-state index contributed by atoms with van der Waals surface area (Å²) in [4.78, 5) is 12.5. The first-order chi connectivity index (χ1) is 11.2. The lowest BCUT2D eigenvalue weighted by Gasteiger charge is -2.28. The number of anilines is 1. The quantitative estimate of drug-likeness (QED) is 0.911. The fourth-order valence-electron chi connectivity index (χ4n) is 3.03. The van der Waals surface area contributed by atoms with Gasteiger partial charge in [-0.1, -0.05) is 36.4 Å². The van der Waals surface area contributed by atoms with Crippen LogP contribution in [0, 0.1) is 0 Å². The third-order valence-corrected chi connectivity index (χ3v) is 4.34. The van der Waals surface area contributed by atoms with Crippen LogP contribution in [0.2, 0.25) is 0 Å². The van der Waals surface area contributed by atoms with E-state index >= 15 is 0 Å². The van der Waals surface area contributed by atoms with Crippen molar-refractivity contribution in [3.8, 4) is 5.75 Å². The van der Waals surface area contributed by atoms with Gasteiger partial charge in [-0.3, -0.25) is 4.79 Å². The Labute approximate surface area is 136 Å². The number of fused-ring (bicyclic) bond motifs is 1. The van der Waals surface area contributed by atoms with E-state index in [1.165, 1.54) is 0 Å². The summed E-state index contributed by atoms with van der Waals surface area (Å²) in [5, 5.41) is 6.43. The van der Waals surface area contributed by atoms with Crippen LogP contribution in [-0.2, 0) is 11.2 Å². The summed E-state index contributed by atoms with van der Waals surface area (Å²) in [6.07, 6.45) is 1.60. The van der Waals surface area contributed by atoms with E-state index in [9.17, 15) is 4.79 Å². The molecule has 120 valence electrons. The van der Waals surface area contributed by atoms with Gasteiger partial charge < -0.3 is 15.4 Å². The minimum atomic E-state index is -0.208. The number of ether oxygens (including phenoxy) is 1. The lowest BCUT2D eigenvalue weighted by molar-refractivity contribution is -0.122. The van der Waals surface area contributed by atoms with Gasteiger partial charge in [0.05, 0.1) is 13.2 Å². The molecule has 0 aromatic heterocycles. The van der Waals surface area contributed by atoms with Crippen LogP contribution in [-0.4, -0.2) is 19.1 Å². The predicted molar refractivity (Wildman–Crippen MR) is 91.7 cm³/mol. The van der Waals surface area contributed by atoms with Crippen molar-refractivity contribution in [2.24, 2.45) is 0 Å². The zero-order valence-corrected chi connectivity index (χ0v) is 13.5. The molecular weight excluding hydrogens is 288 g/mol. The van der Waals surface area contributed by atoms with Crippen LogP contribution in [0.1, 0.15) is 30.5 Å². The molecule has 2 N–H and O–H groups in total. The number of carbonyl (C=O) groups excluding carboxylic acids is 1. The van der Waals surface area contributed by atoms with E-state index < -0.39 is 0 Å². The van der Waals surface area contributed by atoms with Crippen LogP contribution in [0.3, 0.4) is 0 Å². The Morgan fingerprint density at radius 3 is 2.74 bits per heavy atom. The molecule has 0 spiro atoms. The number of rotatable bonds is 4. The van der Waals surface area contributed by atoms with Gasteiger partial charge in [0.15, 0.2) is 0 Å². The van der Waals surface area contributed by atoms with Crippen LogP contribution >= 0.6 is 0 Å². The Balaban J connectivity index is 1.67. The Morgan fingerprint density at radius 1 is 1.22 bits per heavy atom. The first-order valence-corrected chi connectivity index (χ1v) is 7.97. The summed E-state index contributed by atoms with van der Waals surface area (Å²) in [7, 11) is 1.68. The van der Waals surface area contributed by atoms with E-state index in [2.05, 4.69) is 10.6 Å². The fraction of sp³-hybridized carbons (Fsp3) is 0.316. The maximum absolute atomic E-state index is 12.5. The van der Waals surface area contributed by atoms with Crippen LogP contribution in [0.5, 0.6) is 5.75 Å². The van der Waals surface area contributed by atoms with Gasteiger partial charge in [0.2, 0.25) is 5.91 Å². The molecule has 0 bridgehead atoms. The molecule has 2 atom stereocenters. The highest BCUT2D eigenvalue weighted by molar-refractivity contribution is 5.86. The van der Waals surface area contributed by atoms with Gasteiger partial charge in [0, 0.05) is 11.3 Å². The molecule has 4 nitrogen and oxygen atoms in total. The molecule has 3 rings (SSSR count). The highest BCUT2D eigenvalue weighted by Gasteiger charge is 2.26. The molecule has 1 aliphatic rings. The van der Waals surface area contributed by atoms with Gasteiger partial charge >= 0.3 is 0 Å². The van der Waals surface area contributed by atoms with E-state index in [0.29, 0.717) is 0 Å². The maximum Gasteiger partial charge on any atom is 0.242 e. The number of nitrogens with one attached hydrogen (secondary N) is 2. The van der Waals surface area contributed by atoms with E-state index in [4.69, 9.17) is 4.74 Å². The van der Waals surface area contributed by atoms with Crippen molar-refractivity contribution in [1.29, 1.82) is 0 Å². The molecule has 0 saturated heterocycles. The Kier molecular flexibility index (Phi) is 4.51. The SMILES string of the molecule is COc1cccc2c1CC[C@@H](C(=O)N[C@@H](C)c1ccccc1)N2. The van der Waals surface area contributed by atoms with Crippen LogP contribution < -0.4 is 15.4 Å². The van der Waals surface area contributed by atoms with Crippen molar-refractivity contribution >= 4 is 11.6 Å². The summed E-state index contributed by atoms with van der Waals surface area (Å²) in [6, 6.07) is 15.7. The van der Waals surface area contributed by atoms with Crippen molar-refractivity contribution in [2.75, 3.05) is 12.4 Å². The molecule has 1 aliphatic heterocycles. The molecule has 4 heteroatoms. The van der Waals surface area contributed by atoms with Crippen molar-refractivity contribution in [3.63, 3.8) is 0 Å². The van der Waals surface area contributed by atoms with Gasteiger partial charge in [-0.15, -0.1) is 0 Å². The second kappa shape index (κ2) is 6.73. The lowest BCUT2D eigenvalue weighted by Crippen LogP contribution is -2.42. The second-order valence-corrected chi connectivity index (χ2v) is 5.86. The Hall–Kier alpha value is -2.49. The third kappa shape index (κ3) is 3.31. The highest BCUT2D eigenvalue weighted by atomic mass is 16.5. The molecule has 0 radical (unpaired) electrons. The first kappa shape index (κ1) is 15.4. The standard InChI is InChI=1S/C19H22N2O2/c1-13(14-7-4-3-5-8-14)20-19(22)17-12-11-15-16(21-17)9-6-10-18(15)23-2/h3-10,13,17,21H,11-12H2,1-2H3,(H,20,22)/t13-,17-/m0/s1. The van der Waals surface area contributed by atoms with E-state index in [0.717, 1.165) is 35.4 Å². The number of carbonyl (C=O) groups is 1. The number of hydrogen-bond donors (Lipinski definition) is 2. The minimum absolute atomic E-state index is 0.00259. The number of methoxy groups -OCH3 is 1. The molecule has 0 unspecified atom stereocenters. The van der Waals surface area contributed by atoms with Crippen molar-refractivity contribution in [2.45, 2.75) is 31.8 Å². The average Bonchev–Trinajstić information content (AvgIpc) is 2.61. The van der Waals surface area contributed by atoms with E-state index in [1.54, 1.807) is 7.11 Å². The molecule has 1 heterocycles. The van der Waals surface area contributed by atoms with Gasteiger partial charge in [0.1, 0.15) is 11.8 Å². The third-order valence-electron chi connectivity index (χ3n) is 4.34. The zero-order valence-electron chi connectivity index (χ0n) is 13.5. The van der Waals surface area contributed by atoms with Crippen molar-refractivity contribution in [1.82, 2.24) is 5.32 Å². The summed E-state index contributed by atoms with van der Waals surface area (Å²) in [5.41, 5.74) is 3.25. The van der Waals surface area contributed by atoms with E-state index in [1.807, 2.05) is 55.5 Å². The second-order valence-electron chi connectivity index (χ2n) is 5.86. The van der Waals surface area contributed by atoms with Crippen molar-refractivity contribution in [3.05, 3.63) is 59.7 Å². The van der Waals surface area contributed by atoms with Crippen molar-refractivity contribution < 1.29 is 9.53 Å². The predicted octanol–water partition coefficient (Wildman–Crippen LogP) is 3.30. The molecule has 0 aliphatic carbocycles. The average molecular weight is 310 g/mol. The van der Waals surface area contributed by atoms with Gasteiger partial charge in [-0.2, -0.15) is 0 Å². The summed E-state index contributed by atoms with van der Waals surface area (Å²) in [5.74, 6) is 0.918. The van der Waals surface area contributed by atoms with Gasteiger partial charge in [-0.05, 0) is 37.5 Å². The summed E-state index contributed by atoms with van der Waals surface area (Å²) < 4.78 is 5.39. The minimum Gasteiger partial charge on any atom is -0.496 e. The van der Waals surface area contributed by atoms with Gasteiger partial charge in [0.25, 0.3) is 0 Å². The van der Waals surface area contributed by atoms with Crippen LogP contribution in [0.25, 0.3) is 0 Å². The fourth-order valence-corrected chi connectivity index (χ4v) is 3.03. The van der Waals surface area contributed by atoms with Gasteiger partial charge in [-0.25, -0.2) is 0 Å². The van der Waals surface area contributed by atoms with E-state index in [-0.39, 0.29) is 18.0 Å². The first-order valence-electron chi connectivity index (χ1n) is 7.97. The Bertz CT molecular complexity index is 685. The monoisotopic (exact) mass is 310 g/mol. The number of amides is 1. The molecule has 0 saturated carbocycles. The molecule has 1 amide bonds. The molecule has 0 fully saturated rings. The molecule has 2 aromatic rings. The number of hydrogen-bond acceptors (Lipinski definition) is 3. The smallest absolute Gasteiger partial charge is 0.242 e. The van der Waals surface area contributed by atoms with Crippen LogP contribution in [0.4, 0.5) is 5.69 Å². The topological polar surface area (TPSA) is 50.4 Å². The molecular formula is C19H22N2O2. The zero-order chi connectivity index (χ0) is 16.2. The van der Waals surface area contributed by atoms with Crippen LogP contribution in [0.15, 0.2) is 48.5 Å². The Morgan fingerprint density at radius 2 is 2.00 bits per heavy atom. The number of benzene rings is 2. The normalized spacial score (nSPS) is 17.6. The largest absolute Gasteiger partial charge is 0.496 e. The molecule has 23 heavy (non-hydrogen) atoms. The maximum atomic E-state index is 12.5. The lowest BCUT2D eigenvalue weighted by atomic mass is 9.96. The molecule has 2 aromatic carbocycles. The summed E-state index contributed by atoms with van der Waals surface area (Å²) in [6.45, 7) is 2.01. The summed E-state index contributed by atoms with van der Waals surface area (Å²) >= 11 is 0. The highest BCUT2D eigenvalue weighted by Crippen LogP contribution is 2.32.